The molecule has 1 aromatic carbocycles. The predicted octanol–water partition coefficient (Wildman–Crippen LogP) is 2.55. The molecule has 0 radical (unpaired) electrons. The van der Waals surface area contributed by atoms with Crippen LogP contribution in [0.5, 0.6) is 11.5 Å². The monoisotopic (exact) mass is 353 g/mol. The van der Waals surface area contributed by atoms with E-state index >= 15 is 0 Å². The minimum atomic E-state index is -0.344. The van der Waals surface area contributed by atoms with Crippen LogP contribution in [0.4, 0.5) is 5.69 Å². The van der Waals surface area contributed by atoms with Gasteiger partial charge in [-0.2, -0.15) is 5.10 Å². The lowest BCUT2D eigenvalue weighted by Gasteiger charge is -2.12. The molecule has 2 aromatic heterocycles. The van der Waals surface area contributed by atoms with E-state index in [0.717, 1.165) is 11.4 Å². The maximum atomic E-state index is 12.6. The highest BCUT2D eigenvalue weighted by atomic mass is 16.5. The maximum absolute atomic E-state index is 12.6. The van der Waals surface area contributed by atoms with Crippen LogP contribution in [0.25, 0.3) is 5.95 Å². The number of carbonyl (C=O) groups excluding carboxylic acids is 1. The highest BCUT2D eigenvalue weighted by molar-refractivity contribution is 6.06. The summed E-state index contributed by atoms with van der Waals surface area (Å²) >= 11 is 0. The van der Waals surface area contributed by atoms with Crippen molar-refractivity contribution in [3.63, 3.8) is 0 Å². The van der Waals surface area contributed by atoms with E-state index in [4.69, 9.17) is 9.47 Å². The van der Waals surface area contributed by atoms with Crippen LogP contribution in [-0.2, 0) is 0 Å². The Kier molecular flexibility index (Phi) is 4.83. The molecular weight excluding hydrogens is 334 g/mol. The summed E-state index contributed by atoms with van der Waals surface area (Å²) in [6.07, 6.45) is 3.06. The van der Waals surface area contributed by atoms with E-state index in [9.17, 15) is 4.79 Å². The quantitative estimate of drug-likeness (QED) is 0.758. The lowest BCUT2D eigenvalue weighted by atomic mass is 10.1. The van der Waals surface area contributed by atoms with Gasteiger partial charge in [-0.3, -0.25) is 4.79 Å². The van der Waals surface area contributed by atoms with Crippen LogP contribution in [0.1, 0.15) is 21.7 Å². The Labute approximate surface area is 150 Å². The maximum Gasteiger partial charge on any atom is 0.259 e. The van der Waals surface area contributed by atoms with Gasteiger partial charge in [0.1, 0.15) is 0 Å². The second-order valence-corrected chi connectivity index (χ2v) is 5.61. The molecule has 0 spiro atoms. The Hall–Kier alpha value is -3.42. The summed E-state index contributed by atoms with van der Waals surface area (Å²) in [7, 11) is 3.01. The molecule has 0 bridgehead atoms. The largest absolute Gasteiger partial charge is 0.493 e. The summed E-state index contributed by atoms with van der Waals surface area (Å²) < 4.78 is 12.2. The molecule has 1 N–H and O–H groups in total. The van der Waals surface area contributed by atoms with Crippen LogP contribution >= 0.6 is 0 Å². The van der Waals surface area contributed by atoms with E-state index in [1.54, 1.807) is 22.9 Å². The Bertz CT molecular complexity index is 934. The molecule has 0 saturated carbocycles. The van der Waals surface area contributed by atoms with Crippen molar-refractivity contribution in [2.75, 3.05) is 19.5 Å². The molecular formula is C18H19N5O3. The smallest absolute Gasteiger partial charge is 0.259 e. The third kappa shape index (κ3) is 3.34. The molecule has 8 heteroatoms. The van der Waals surface area contributed by atoms with Crippen molar-refractivity contribution in [1.82, 2.24) is 19.7 Å². The Morgan fingerprint density at radius 2 is 1.85 bits per heavy atom. The number of ether oxygens (including phenoxy) is 2. The molecule has 0 atom stereocenters. The van der Waals surface area contributed by atoms with E-state index in [-0.39, 0.29) is 5.91 Å². The Balaban J connectivity index is 1.81. The Morgan fingerprint density at radius 3 is 2.42 bits per heavy atom. The first-order valence-corrected chi connectivity index (χ1v) is 7.91. The minimum absolute atomic E-state index is 0.344. The van der Waals surface area contributed by atoms with Crippen molar-refractivity contribution < 1.29 is 14.3 Å². The average molecular weight is 353 g/mol. The first-order valence-electron chi connectivity index (χ1n) is 7.91. The van der Waals surface area contributed by atoms with Gasteiger partial charge in [-0.25, -0.2) is 14.6 Å². The summed E-state index contributed by atoms with van der Waals surface area (Å²) in [5.41, 5.74) is 2.63. The summed E-state index contributed by atoms with van der Waals surface area (Å²) in [5.74, 6) is 0.944. The molecule has 0 aliphatic carbocycles. The lowest BCUT2D eigenvalue weighted by Crippen LogP contribution is -2.14. The number of hydrogen-bond acceptors (Lipinski definition) is 6. The van der Waals surface area contributed by atoms with E-state index in [0.29, 0.717) is 28.7 Å². The SMILES string of the molecule is COc1cccc(C(=O)Nc2cnc(-n3nc(C)cc3C)nc2)c1OC. The van der Waals surface area contributed by atoms with Crippen LogP contribution in [0.3, 0.4) is 0 Å². The van der Waals surface area contributed by atoms with Crippen LogP contribution in [-0.4, -0.2) is 39.9 Å². The van der Waals surface area contributed by atoms with Crippen LogP contribution < -0.4 is 14.8 Å². The van der Waals surface area contributed by atoms with Crippen molar-refractivity contribution >= 4 is 11.6 Å². The number of aromatic nitrogens is 4. The number of amides is 1. The van der Waals surface area contributed by atoms with E-state index in [1.807, 2.05) is 19.9 Å². The van der Waals surface area contributed by atoms with Gasteiger partial charge in [0.15, 0.2) is 11.5 Å². The third-order valence-electron chi connectivity index (χ3n) is 3.74. The molecule has 3 aromatic rings. The highest BCUT2D eigenvalue weighted by Crippen LogP contribution is 2.31. The normalized spacial score (nSPS) is 10.5. The van der Waals surface area contributed by atoms with Crippen molar-refractivity contribution in [3.8, 4) is 17.4 Å². The number of benzene rings is 1. The van der Waals surface area contributed by atoms with E-state index in [2.05, 4.69) is 20.4 Å². The van der Waals surface area contributed by atoms with Gasteiger partial charge in [0.05, 0.1) is 43.6 Å². The molecule has 1 amide bonds. The van der Waals surface area contributed by atoms with Crippen molar-refractivity contribution in [3.05, 3.63) is 53.6 Å². The number of nitrogens with zero attached hydrogens (tertiary/aromatic N) is 4. The second-order valence-electron chi connectivity index (χ2n) is 5.61. The first-order chi connectivity index (χ1) is 12.5. The fourth-order valence-electron chi connectivity index (χ4n) is 2.59. The van der Waals surface area contributed by atoms with Crippen LogP contribution in [0.2, 0.25) is 0 Å². The molecule has 26 heavy (non-hydrogen) atoms. The molecule has 3 rings (SSSR count). The Morgan fingerprint density at radius 1 is 1.12 bits per heavy atom. The lowest BCUT2D eigenvalue weighted by molar-refractivity contribution is 0.102. The summed E-state index contributed by atoms with van der Waals surface area (Å²) in [6.45, 7) is 3.83. The molecule has 134 valence electrons. The minimum Gasteiger partial charge on any atom is -0.493 e. The van der Waals surface area contributed by atoms with Gasteiger partial charge >= 0.3 is 0 Å². The van der Waals surface area contributed by atoms with Crippen molar-refractivity contribution in [1.29, 1.82) is 0 Å². The number of nitrogens with one attached hydrogen (secondary N) is 1. The van der Waals surface area contributed by atoms with Crippen molar-refractivity contribution in [2.45, 2.75) is 13.8 Å². The zero-order valence-electron chi connectivity index (χ0n) is 15.0. The number of methoxy groups -OCH3 is 2. The fourth-order valence-corrected chi connectivity index (χ4v) is 2.59. The van der Waals surface area contributed by atoms with E-state index in [1.165, 1.54) is 26.6 Å². The summed E-state index contributed by atoms with van der Waals surface area (Å²) in [4.78, 5) is 21.1. The molecule has 2 heterocycles. The number of para-hydroxylation sites is 1. The molecule has 0 unspecified atom stereocenters. The summed E-state index contributed by atoms with van der Waals surface area (Å²) in [5, 5.41) is 7.09. The zero-order chi connectivity index (χ0) is 18.7. The number of hydrogen-bond donors (Lipinski definition) is 1. The van der Waals surface area contributed by atoms with Gasteiger partial charge in [-0.05, 0) is 32.0 Å². The van der Waals surface area contributed by atoms with Gasteiger partial charge in [0.25, 0.3) is 11.9 Å². The highest BCUT2D eigenvalue weighted by Gasteiger charge is 2.17. The van der Waals surface area contributed by atoms with Crippen molar-refractivity contribution in [2.24, 2.45) is 0 Å². The molecule has 8 nitrogen and oxygen atoms in total. The summed E-state index contributed by atoms with van der Waals surface area (Å²) in [6, 6.07) is 7.04. The van der Waals surface area contributed by atoms with Gasteiger partial charge < -0.3 is 14.8 Å². The molecule has 0 aliphatic rings. The van der Waals surface area contributed by atoms with Gasteiger partial charge in [-0.1, -0.05) is 6.07 Å². The van der Waals surface area contributed by atoms with Gasteiger partial charge in [0, 0.05) is 5.69 Å². The topological polar surface area (TPSA) is 91.2 Å². The second kappa shape index (κ2) is 7.22. The van der Waals surface area contributed by atoms with Crippen LogP contribution in [0.15, 0.2) is 36.7 Å². The van der Waals surface area contributed by atoms with E-state index < -0.39 is 0 Å². The fraction of sp³-hybridized carbons (Fsp3) is 0.222. The van der Waals surface area contributed by atoms with Gasteiger partial charge in [-0.15, -0.1) is 0 Å². The number of aryl methyl sites for hydroxylation is 2. The zero-order valence-corrected chi connectivity index (χ0v) is 15.0. The number of anilines is 1. The number of rotatable bonds is 5. The average Bonchev–Trinajstić information content (AvgIpc) is 2.99. The van der Waals surface area contributed by atoms with Gasteiger partial charge in [0.2, 0.25) is 0 Å². The molecule has 0 aliphatic heterocycles. The molecule has 0 fully saturated rings. The first kappa shape index (κ1) is 17.4. The van der Waals surface area contributed by atoms with Crippen LogP contribution in [0, 0.1) is 13.8 Å². The predicted molar refractivity (Wildman–Crippen MR) is 96.1 cm³/mol. The standard InChI is InChI=1S/C18H19N5O3/c1-11-8-12(2)23(22-11)18-19-9-13(10-20-18)21-17(24)14-6-5-7-15(25-3)16(14)26-4/h5-10H,1-4H3,(H,21,24). The molecule has 0 saturated heterocycles. The third-order valence-corrected chi connectivity index (χ3v) is 3.74. The number of carbonyl (C=O) groups is 1.